The number of benzene rings is 1. The van der Waals surface area contributed by atoms with E-state index in [9.17, 15) is 0 Å². The second kappa shape index (κ2) is 5.91. The first-order valence-corrected chi connectivity index (χ1v) is 8.91. The molecule has 0 atom stereocenters. The quantitative estimate of drug-likeness (QED) is 0.782. The number of rotatable bonds is 2. The standard InChI is InChI=1S/C18H20N4S/c1-13-15(14-6-4-3-5-7-14)16-17(19-12-20-18(16)23-13)22-10-8-21(2)9-11-22/h3-7,12H,8-11H2,1-2H3/p+1. The Bertz CT molecular complexity index is 820. The molecule has 0 bridgehead atoms. The van der Waals surface area contributed by atoms with E-state index in [0.717, 1.165) is 36.8 Å². The minimum Gasteiger partial charge on any atom is -0.345 e. The van der Waals surface area contributed by atoms with E-state index in [1.165, 1.54) is 21.4 Å². The Hall–Kier alpha value is -1.98. The van der Waals surface area contributed by atoms with Crippen molar-refractivity contribution >= 4 is 27.4 Å². The monoisotopic (exact) mass is 325 g/mol. The van der Waals surface area contributed by atoms with Crippen LogP contribution in [0.3, 0.4) is 0 Å². The van der Waals surface area contributed by atoms with Crippen molar-refractivity contribution in [1.29, 1.82) is 0 Å². The van der Waals surface area contributed by atoms with E-state index < -0.39 is 0 Å². The summed E-state index contributed by atoms with van der Waals surface area (Å²) in [7, 11) is 2.26. The van der Waals surface area contributed by atoms with E-state index in [1.54, 1.807) is 22.6 Å². The van der Waals surface area contributed by atoms with Crippen molar-refractivity contribution in [3.63, 3.8) is 0 Å². The van der Waals surface area contributed by atoms with Crippen LogP contribution in [-0.4, -0.2) is 43.2 Å². The fraction of sp³-hybridized carbons (Fsp3) is 0.333. The van der Waals surface area contributed by atoms with Gasteiger partial charge in [0.25, 0.3) is 0 Å². The summed E-state index contributed by atoms with van der Waals surface area (Å²) >= 11 is 1.77. The van der Waals surface area contributed by atoms with E-state index >= 15 is 0 Å². The van der Waals surface area contributed by atoms with Gasteiger partial charge in [0.15, 0.2) is 0 Å². The normalized spacial score (nSPS) is 16.2. The lowest BCUT2D eigenvalue weighted by Crippen LogP contribution is -3.12. The van der Waals surface area contributed by atoms with Gasteiger partial charge < -0.3 is 9.80 Å². The van der Waals surface area contributed by atoms with Gasteiger partial charge in [-0.25, -0.2) is 9.97 Å². The van der Waals surface area contributed by atoms with E-state index in [1.807, 2.05) is 0 Å². The molecular weight excluding hydrogens is 304 g/mol. The van der Waals surface area contributed by atoms with E-state index in [0.29, 0.717) is 0 Å². The topological polar surface area (TPSA) is 33.5 Å². The van der Waals surface area contributed by atoms with Gasteiger partial charge in [0.05, 0.1) is 38.6 Å². The highest BCUT2D eigenvalue weighted by Crippen LogP contribution is 2.41. The Balaban J connectivity index is 1.89. The van der Waals surface area contributed by atoms with Gasteiger partial charge >= 0.3 is 0 Å². The van der Waals surface area contributed by atoms with Crippen molar-refractivity contribution < 1.29 is 4.90 Å². The molecular formula is C18H21N4S+. The number of hydrogen-bond donors (Lipinski definition) is 1. The third-order valence-electron chi connectivity index (χ3n) is 4.62. The zero-order valence-electron chi connectivity index (χ0n) is 13.5. The Morgan fingerprint density at radius 3 is 2.57 bits per heavy atom. The van der Waals surface area contributed by atoms with Crippen LogP contribution in [0.2, 0.25) is 0 Å². The van der Waals surface area contributed by atoms with Crippen LogP contribution in [0, 0.1) is 6.92 Å². The van der Waals surface area contributed by atoms with Gasteiger partial charge in [-0.1, -0.05) is 30.3 Å². The highest BCUT2D eigenvalue weighted by molar-refractivity contribution is 7.19. The average molecular weight is 325 g/mol. The minimum absolute atomic E-state index is 1.06. The average Bonchev–Trinajstić information content (AvgIpc) is 2.92. The van der Waals surface area contributed by atoms with Crippen LogP contribution in [0.5, 0.6) is 0 Å². The lowest BCUT2D eigenvalue weighted by atomic mass is 10.0. The second-order valence-electron chi connectivity index (χ2n) is 6.22. The number of likely N-dealkylation sites (N-methyl/N-ethyl adjacent to an activating group) is 1. The maximum Gasteiger partial charge on any atom is 0.141 e. The van der Waals surface area contributed by atoms with Crippen LogP contribution in [0.25, 0.3) is 21.3 Å². The van der Waals surface area contributed by atoms with Crippen LogP contribution in [0.15, 0.2) is 36.7 Å². The van der Waals surface area contributed by atoms with Crippen molar-refractivity contribution in [1.82, 2.24) is 9.97 Å². The molecule has 5 heteroatoms. The number of anilines is 1. The molecule has 0 saturated carbocycles. The van der Waals surface area contributed by atoms with Crippen LogP contribution >= 0.6 is 11.3 Å². The number of aryl methyl sites for hydroxylation is 1. The molecule has 3 aromatic rings. The first-order valence-electron chi connectivity index (χ1n) is 8.10. The molecule has 4 nitrogen and oxygen atoms in total. The number of nitrogens with zero attached hydrogens (tertiary/aromatic N) is 3. The van der Waals surface area contributed by atoms with Crippen molar-refractivity contribution in [2.45, 2.75) is 6.92 Å². The summed E-state index contributed by atoms with van der Waals surface area (Å²) in [6.07, 6.45) is 1.72. The SMILES string of the molecule is Cc1sc2ncnc(N3CC[NH+](C)CC3)c2c1-c1ccccc1. The summed E-state index contributed by atoms with van der Waals surface area (Å²) in [6.45, 7) is 6.62. The maximum atomic E-state index is 4.67. The number of thiophene rings is 1. The molecule has 1 N–H and O–H groups in total. The first kappa shape index (κ1) is 14.6. The predicted octanol–water partition coefficient (Wildman–Crippen LogP) is 2.00. The molecule has 0 aliphatic carbocycles. The van der Waals surface area contributed by atoms with E-state index in [-0.39, 0.29) is 0 Å². The molecule has 1 aromatic carbocycles. The van der Waals surface area contributed by atoms with Gasteiger partial charge in [-0.15, -0.1) is 11.3 Å². The number of hydrogen-bond acceptors (Lipinski definition) is 4. The largest absolute Gasteiger partial charge is 0.345 e. The predicted molar refractivity (Wildman–Crippen MR) is 96.4 cm³/mol. The van der Waals surface area contributed by atoms with Gasteiger partial charge in [0, 0.05) is 10.4 Å². The van der Waals surface area contributed by atoms with Crippen molar-refractivity contribution in [3.05, 3.63) is 41.5 Å². The molecule has 2 aromatic heterocycles. The van der Waals surface area contributed by atoms with E-state index in [4.69, 9.17) is 0 Å². The highest BCUT2D eigenvalue weighted by atomic mass is 32.1. The summed E-state index contributed by atoms with van der Waals surface area (Å²) in [4.78, 5) is 15.6. The summed E-state index contributed by atoms with van der Waals surface area (Å²) < 4.78 is 0. The zero-order valence-corrected chi connectivity index (χ0v) is 14.4. The third kappa shape index (κ3) is 2.60. The first-order chi connectivity index (χ1) is 11.2. The van der Waals surface area contributed by atoms with Gasteiger partial charge in [-0.2, -0.15) is 0 Å². The molecule has 0 radical (unpaired) electrons. The van der Waals surface area contributed by atoms with Gasteiger partial charge in [-0.3, -0.25) is 0 Å². The molecule has 0 spiro atoms. The molecule has 1 fully saturated rings. The Kier molecular flexibility index (Phi) is 3.75. The Morgan fingerprint density at radius 1 is 1.09 bits per heavy atom. The van der Waals surface area contributed by atoms with Gasteiger partial charge in [-0.05, 0) is 12.5 Å². The fourth-order valence-corrected chi connectivity index (χ4v) is 4.33. The minimum atomic E-state index is 1.06. The van der Waals surface area contributed by atoms with E-state index in [2.05, 4.69) is 59.2 Å². The summed E-state index contributed by atoms with van der Waals surface area (Å²) in [6, 6.07) is 10.6. The molecule has 0 unspecified atom stereocenters. The van der Waals surface area contributed by atoms with Crippen LogP contribution < -0.4 is 9.80 Å². The summed E-state index contributed by atoms with van der Waals surface area (Å²) in [5, 5.41) is 1.22. The van der Waals surface area contributed by atoms with Gasteiger partial charge in [0.1, 0.15) is 17.0 Å². The number of fused-ring (bicyclic) bond motifs is 1. The molecule has 1 aliphatic heterocycles. The summed E-state index contributed by atoms with van der Waals surface area (Å²) in [5.74, 6) is 1.10. The molecule has 3 heterocycles. The number of aromatic nitrogens is 2. The summed E-state index contributed by atoms with van der Waals surface area (Å²) in [5.41, 5.74) is 2.56. The molecule has 1 saturated heterocycles. The molecule has 0 amide bonds. The van der Waals surface area contributed by atoms with Crippen LogP contribution in [-0.2, 0) is 0 Å². The lowest BCUT2D eigenvalue weighted by molar-refractivity contribution is -0.880. The van der Waals surface area contributed by atoms with Crippen molar-refractivity contribution in [3.8, 4) is 11.1 Å². The number of nitrogens with one attached hydrogen (secondary N) is 1. The van der Waals surface area contributed by atoms with Crippen LogP contribution in [0.4, 0.5) is 5.82 Å². The molecule has 23 heavy (non-hydrogen) atoms. The smallest absolute Gasteiger partial charge is 0.141 e. The number of quaternary nitrogens is 1. The van der Waals surface area contributed by atoms with Crippen molar-refractivity contribution in [2.24, 2.45) is 0 Å². The number of piperazine rings is 1. The van der Waals surface area contributed by atoms with Gasteiger partial charge in [0.2, 0.25) is 0 Å². The lowest BCUT2D eigenvalue weighted by Gasteiger charge is -2.31. The third-order valence-corrected chi connectivity index (χ3v) is 5.64. The molecule has 118 valence electrons. The van der Waals surface area contributed by atoms with Crippen LogP contribution in [0.1, 0.15) is 4.88 Å². The Labute approximate surface area is 140 Å². The molecule has 4 rings (SSSR count). The maximum absolute atomic E-state index is 4.67. The Morgan fingerprint density at radius 2 is 1.83 bits per heavy atom. The van der Waals surface area contributed by atoms with Crippen molar-refractivity contribution in [2.75, 3.05) is 38.1 Å². The molecule has 1 aliphatic rings. The second-order valence-corrected chi connectivity index (χ2v) is 7.42. The zero-order chi connectivity index (χ0) is 15.8. The highest BCUT2D eigenvalue weighted by Gasteiger charge is 2.23. The fourth-order valence-electron chi connectivity index (χ4n) is 3.32.